The number of ether oxygens (including phenoxy) is 3. The van der Waals surface area contributed by atoms with Crippen molar-refractivity contribution in [1.82, 2.24) is 5.32 Å². The van der Waals surface area contributed by atoms with E-state index in [-0.39, 0.29) is 12.8 Å². The number of hydrogen-bond donors (Lipinski definition) is 1. The molecule has 4 rings (SSSR count). The molecule has 2 heterocycles. The summed E-state index contributed by atoms with van der Waals surface area (Å²) in [5.41, 5.74) is 3.50. The molecule has 1 unspecified atom stereocenters. The Bertz CT molecular complexity index is 732. The van der Waals surface area contributed by atoms with E-state index in [1.165, 1.54) is 11.1 Å². The molecule has 2 aliphatic heterocycles. The lowest BCUT2D eigenvalue weighted by Gasteiger charge is -2.28. The van der Waals surface area contributed by atoms with E-state index in [9.17, 15) is 0 Å². The molecule has 0 aliphatic carbocycles. The monoisotopic (exact) mass is 317 g/mol. The molecule has 0 saturated carbocycles. The predicted molar refractivity (Wildman–Crippen MR) is 84.1 cm³/mol. The zero-order valence-corrected chi connectivity index (χ0v) is 12.9. The molecule has 0 spiro atoms. The van der Waals surface area contributed by atoms with Crippen molar-refractivity contribution in [2.75, 3.05) is 20.4 Å². The Labute approximate surface area is 133 Å². The van der Waals surface area contributed by atoms with Gasteiger partial charge in [0.05, 0.1) is 13.2 Å². The summed E-state index contributed by atoms with van der Waals surface area (Å²) < 4.78 is 16.5. The fourth-order valence-corrected chi connectivity index (χ4v) is 3.33. The van der Waals surface area contributed by atoms with Crippen molar-refractivity contribution < 1.29 is 14.2 Å². The van der Waals surface area contributed by atoms with E-state index in [0.717, 1.165) is 35.8 Å². The van der Waals surface area contributed by atoms with Crippen LogP contribution in [0.15, 0.2) is 30.3 Å². The van der Waals surface area contributed by atoms with Gasteiger partial charge in [-0.15, -0.1) is 0 Å². The summed E-state index contributed by atoms with van der Waals surface area (Å²) in [6.45, 7) is 1.18. The van der Waals surface area contributed by atoms with Crippen LogP contribution in [0.3, 0.4) is 0 Å². The highest BCUT2D eigenvalue weighted by Crippen LogP contribution is 2.41. The third-order valence-corrected chi connectivity index (χ3v) is 4.43. The van der Waals surface area contributed by atoms with E-state index in [0.29, 0.717) is 5.02 Å². The molecule has 5 heteroatoms. The molecule has 0 aromatic heterocycles. The molecule has 22 heavy (non-hydrogen) atoms. The standard InChI is InChI=1S/C17H16ClNO3/c1-20-14-3-2-11(18)7-13(14)17-12-8-16-15(21-9-22-16)6-10(12)4-5-19-17/h2-3,6-8,17,19H,4-5,9H2,1H3. The van der Waals surface area contributed by atoms with Crippen LogP contribution in [0.2, 0.25) is 5.02 Å². The highest BCUT2D eigenvalue weighted by Gasteiger charge is 2.27. The molecule has 114 valence electrons. The molecule has 0 amide bonds. The maximum absolute atomic E-state index is 6.19. The maximum atomic E-state index is 6.19. The average molecular weight is 318 g/mol. The summed E-state index contributed by atoms with van der Waals surface area (Å²) in [6, 6.07) is 9.88. The molecular weight excluding hydrogens is 302 g/mol. The molecule has 2 aliphatic rings. The molecule has 0 radical (unpaired) electrons. The first kappa shape index (κ1) is 13.7. The van der Waals surface area contributed by atoms with Crippen LogP contribution >= 0.6 is 11.6 Å². The van der Waals surface area contributed by atoms with Gasteiger partial charge in [-0.2, -0.15) is 0 Å². The molecule has 0 fully saturated rings. The van der Waals surface area contributed by atoms with Gasteiger partial charge in [0.1, 0.15) is 5.75 Å². The SMILES string of the molecule is COc1ccc(Cl)cc1C1NCCc2cc3c(cc21)OCO3. The van der Waals surface area contributed by atoms with Crippen LogP contribution in [0.5, 0.6) is 17.2 Å². The number of nitrogens with one attached hydrogen (secondary N) is 1. The largest absolute Gasteiger partial charge is 0.496 e. The Balaban J connectivity index is 1.84. The second-order valence-corrected chi connectivity index (χ2v) is 5.86. The Kier molecular flexibility index (Phi) is 3.36. The van der Waals surface area contributed by atoms with Crippen LogP contribution in [0, 0.1) is 0 Å². The molecule has 2 aromatic carbocycles. The molecule has 1 N–H and O–H groups in total. The van der Waals surface area contributed by atoms with Crippen molar-refractivity contribution in [3.63, 3.8) is 0 Å². The summed E-state index contributed by atoms with van der Waals surface area (Å²) in [6.07, 6.45) is 0.964. The second kappa shape index (κ2) is 5.38. The highest BCUT2D eigenvalue weighted by molar-refractivity contribution is 6.30. The Hall–Kier alpha value is -1.91. The van der Waals surface area contributed by atoms with E-state index in [1.807, 2.05) is 18.2 Å². The number of hydrogen-bond acceptors (Lipinski definition) is 4. The van der Waals surface area contributed by atoms with E-state index in [4.69, 9.17) is 25.8 Å². The van der Waals surface area contributed by atoms with Crippen LogP contribution in [-0.4, -0.2) is 20.4 Å². The smallest absolute Gasteiger partial charge is 0.231 e. The number of benzene rings is 2. The van der Waals surface area contributed by atoms with Crippen LogP contribution in [0.1, 0.15) is 22.7 Å². The van der Waals surface area contributed by atoms with Gasteiger partial charge in [-0.1, -0.05) is 11.6 Å². The summed E-state index contributed by atoms with van der Waals surface area (Å²) in [7, 11) is 1.68. The van der Waals surface area contributed by atoms with Gasteiger partial charge in [0.15, 0.2) is 11.5 Å². The molecule has 2 aromatic rings. The lowest BCUT2D eigenvalue weighted by molar-refractivity contribution is 0.174. The third-order valence-electron chi connectivity index (χ3n) is 4.19. The van der Waals surface area contributed by atoms with Crippen LogP contribution < -0.4 is 19.5 Å². The van der Waals surface area contributed by atoms with Gasteiger partial charge < -0.3 is 19.5 Å². The van der Waals surface area contributed by atoms with Crippen molar-refractivity contribution in [3.8, 4) is 17.2 Å². The minimum atomic E-state index is 0.0342. The predicted octanol–water partition coefficient (Wildman–Crippen LogP) is 3.31. The van der Waals surface area contributed by atoms with Crippen LogP contribution in [0.4, 0.5) is 0 Å². The first-order valence-corrected chi connectivity index (χ1v) is 7.63. The van der Waals surface area contributed by atoms with E-state index < -0.39 is 0 Å². The molecule has 0 saturated heterocycles. The van der Waals surface area contributed by atoms with Crippen molar-refractivity contribution in [3.05, 3.63) is 52.0 Å². The topological polar surface area (TPSA) is 39.7 Å². The van der Waals surface area contributed by atoms with E-state index in [1.54, 1.807) is 7.11 Å². The van der Waals surface area contributed by atoms with Gasteiger partial charge in [0, 0.05) is 17.1 Å². The number of rotatable bonds is 2. The quantitative estimate of drug-likeness (QED) is 0.922. The van der Waals surface area contributed by atoms with E-state index in [2.05, 4.69) is 17.4 Å². The first-order valence-electron chi connectivity index (χ1n) is 7.25. The molecule has 0 bridgehead atoms. The highest BCUT2D eigenvalue weighted by atomic mass is 35.5. The Morgan fingerprint density at radius 3 is 2.77 bits per heavy atom. The zero-order valence-electron chi connectivity index (χ0n) is 12.2. The number of halogens is 1. The van der Waals surface area contributed by atoms with Gasteiger partial charge in [-0.3, -0.25) is 0 Å². The minimum Gasteiger partial charge on any atom is -0.496 e. The minimum absolute atomic E-state index is 0.0342. The van der Waals surface area contributed by atoms with Gasteiger partial charge in [-0.25, -0.2) is 0 Å². The normalized spacial score (nSPS) is 18.9. The van der Waals surface area contributed by atoms with E-state index >= 15 is 0 Å². The van der Waals surface area contributed by atoms with Crippen molar-refractivity contribution in [2.24, 2.45) is 0 Å². The molecule has 4 nitrogen and oxygen atoms in total. The zero-order chi connectivity index (χ0) is 15.1. The van der Waals surface area contributed by atoms with Crippen LogP contribution in [-0.2, 0) is 6.42 Å². The average Bonchev–Trinajstić information content (AvgIpc) is 2.99. The lowest BCUT2D eigenvalue weighted by Crippen LogP contribution is -2.30. The summed E-state index contributed by atoms with van der Waals surface area (Å²) in [5.74, 6) is 2.46. The lowest BCUT2D eigenvalue weighted by atomic mass is 9.89. The van der Waals surface area contributed by atoms with Gasteiger partial charge in [0.2, 0.25) is 6.79 Å². The fourth-order valence-electron chi connectivity index (χ4n) is 3.15. The number of methoxy groups -OCH3 is 1. The Morgan fingerprint density at radius 1 is 1.14 bits per heavy atom. The summed E-state index contributed by atoms with van der Waals surface area (Å²) >= 11 is 6.19. The van der Waals surface area contributed by atoms with Crippen molar-refractivity contribution >= 4 is 11.6 Å². The maximum Gasteiger partial charge on any atom is 0.231 e. The first-order chi connectivity index (χ1) is 10.8. The summed E-state index contributed by atoms with van der Waals surface area (Å²) in [4.78, 5) is 0. The number of fused-ring (bicyclic) bond motifs is 2. The molecule has 1 atom stereocenters. The van der Waals surface area contributed by atoms with Gasteiger partial charge in [0.25, 0.3) is 0 Å². The molecular formula is C17H16ClNO3. The van der Waals surface area contributed by atoms with Crippen molar-refractivity contribution in [2.45, 2.75) is 12.5 Å². The van der Waals surface area contributed by atoms with Crippen LogP contribution in [0.25, 0.3) is 0 Å². The second-order valence-electron chi connectivity index (χ2n) is 5.43. The Morgan fingerprint density at radius 2 is 1.95 bits per heavy atom. The van der Waals surface area contributed by atoms with Gasteiger partial charge >= 0.3 is 0 Å². The summed E-state index contributed by atoms with van der Waals surface area (Å²) in [5, 5.41) is 4.25. The van der Waals surface area contributed by atoms with Gasteiger partial charge in [-0.05, 0) is 47.9 Å². The van der Waals surface area contributed by atoms with Crippen molar-refractivity contribution in [1.29, 1.82) is 0 Å². The third kappa shape index (κ3) is 2.19. The fraction of sp³-hybridized carbons (Fsp3) is 0.294.